The van der Waals surface area contributed by atoms with Gasteiger partial charge in [-0.15, -0.1) is 11.3 Å². The van der Waals surface area contributed by atoms with Crippen LogP contribution in [0.5, 0.6) is 5.75 Å². The van der Waals surface area contributed by atoms with Crippen LogP contribution in [0.15, 0.2) is 47.8 Å². The molecule has 1 aromatic heterocycles. The number of aromatic nitrogens is 1. The molecule has 32 heavy (non-hydrogen) atoms. The number of piperazine rings is 1. The van der Waals surface area contributed by atoms with E-state index in [0.29, 0.717) is 0 Å². The number of carbonyl (C=O) groups excluding carboxylic acids is 1. The first-order valence-corrected chi connectivity index (χ1v) is 11.9. The maximum atomic E-state index is 12.6. The van der Waals surface area contributed by atoms with Crippen molar-refractivity contribution in [2.45, 2.75) is 20.3 Å². The Labute approximate surface area is 193 Å². The Hall–Kier alpha value is -2.90. The number of aryl methyl sites for hydroxylation is 1. The number of thiazole rings is 1. The highest BCUT2D eigenvalue weighted by atomic mass is 32.1. The van der Waals surface area contributed by atoms with Crippen molar-refractivity contribution in [2.75, 3.05) is 50.1 Å². The highest BCUT2D eigenvalue weighted by Gasteiger charge is 2.17. The van der Waals surface area contributed by atoms with Gasteiger partial charge >= 0.3 is 0 Å². The van der Waals surface area contributed by atoms with Gasteiger partial charge in [0.2, 0.25) is 5.91 Å². The normalized spacial score (nSPS) is 14.4. The van der Waals surface area contributed by atoms with Gasteiger partial charge in [-0.2, -0.15) is 0 Å². The van der Waals surface area contributed by atoms with Crippen LogP contribution < -0.4 is 15.0 Å². The number of nitrogens with zero attached hydrogens (tertiary/aromatic N) is 3. The molecule has 168 valence electrons. The summed E-state index contributed by atoms with van der Waals surface area (Å²) in [6.45, 7) is 9.71. The number of likely N-dealkylation sites (N-methyl/N-ethyl adjacent to an activating group) is 1. The average Bonchev–Trinajstić information content (AvgIpc) is 3.27. The number of carbonyl (C=O) groups is 1. The SMILES string of the molecule is CCN1CCN(c2ccc(NC(=O)Cc3csc(-c4ccc(OC)cc4)n3)cc2C)CC1. The van der Waals surface area contributed by atoms with E-state index in [0.717, 1.165) is 60.4 Å². The summed E-state index contributed by atoms with van der Waals surface area (Å²) in [5.41, 5.74) is 5.06. The quantitative estimate of drug-likeness (QED) is 0.576. The summed E-state index contributed by atoms with van der Waals surface area (Å²) in [5, 5.41) is 5.87. The lowest BCUT2D eigenvalue weighted by Crippen LogP contribution is -2.46. The Balaban J connectivity index is 1.35. The largest absolute Gasteiger partial charge is 0.497 e. The maximum absolute atomic E-state index is 12.6. The average molecular weight is 451 g/mol. The molecule has 1 N–H and O–H groups in total. The van der Waals surface area contributed by atoms with Crippen LogP contribution in [-0.2, 0) is 11.2 Å². The van der Waals surface area contributed by atoms with E-state index in [-0.39, 0.29) is 12.3 Å². The lowest BCUT2D eigenvalue weighted by Gasteiger charge is -2.36. The number of nitrogens with one attached hydrogen (secondary N) is 1. The van der Waals surface area contributed by atoms with Crippen molar-refractivity contribution in [3.05, 3.63) is 59.1 Å². The minimum absolute atomic E-state index is 0.0553. The Morgan fingerprint density at radius 2 is 1.88 bits per heavy atom. The molecule has 0 radical (unpaired) electrons. The highest BCUT2D eigenvalue weighted by Crippen LogP contribution is 2.27. The van der Waals surface area contributed by atoms with Crippen molar-refractivity contribution >= 4 is 28.6 Å². The van der Waals surface area contributed by atoms with E-state index >= 15 is 0 Å². The van der Waals surface area contributed by atoms with Crippen LogP contribution in [0, 0.1) is 6.92 Å². The maximum Gasteiger partial charge on any atom is 0.230 e. The first-order chi connectivity index (χ1) is 15.6. The number of methoxy groups -OCH3 is 1. The summed E-state index contributed by atoms with van der Waals surface area (Å²) in [7, 11) is 1.65. The smallest absolute Gasteiger partial charge is 0.230 e. The van der Waals surface area contributed by atoms with E-state index in [9.17, 15) is 4.79 Å². The van der Waals surface area contributed by atoms with Crippen LogP contribution in [0.2, 0.25) is 0 Å². The third kappa shape index (κ3) is 5.29. The number of hydrogen-bond acceptors (Lipinski definition) is 6. The van der Waals surface area contributed by atoms with Crippen molar-refractivity contribution in [1.29, 1.82) is 0 Å². The zero-order chi connectivity index (χ0) is 22.5. The molecule has 0 aliphatic carbocycles. The van der Waals surface area contributed by atoms with Crippen molar-refractivity contribution in [2.24, 2.45) is 0 Å². The number of hydrogen-bond donors (Lipinski definition) is 1. The second-order valence-corrected chi connectivity index (χ2v) is 8.88. The van der Waals surface area contributed by atoms with Crippen LogP contribution in [0.4, 0.5) is 11.4 Å². The van der Waals surface area contributed by atoms with Gasteiger partial charge in [-0.25, -0.2) is 4.98 Å². The van der Waals surface area contributed by atoms with E-state index in [2.05, 4.69) is 46.1 Å². The van der Waals surface area contributed by atoms with Crippen LogP contribution in [0.25, 0.3) is 10.6 Å². The van der Waals surface area contributed by atoms with E-state index in [1.165, 1.54) is 11.3 Å². The molecule has 1 fully saturated rings. The Bertz CT molecular complexity index is 1060. The molecule has 0 atom stereocenters. The van der Waals surface area contributed by atoms with Crippen LogP contribution in [-0.4, -0.2) is 55.6 Å². The topological polar surface area (TPSA) is 57.7 Å². The molecule has 2 aromatic carbocycles. The van der Waals surface area contributed by atoms with Crippen LogP contribution >= 0.6 is 11.3 Å². The van der Waals surface area contributed by atoms with Gasteiger partial charge in [-0.1, -0.05) is 6.92 Å². The van der Waals surface area contributed by atoms with Gasteiger partial charge in [0.1, 0.15) is 10.8 Å². The summed E-state index contributed by atoms with van der Waals surface area (Å²) >= 11 is 1.55. The summed E-state index contributed by atoms with van der Waals surface area (Å²) in [4.78, 5) is 22.1. The fraction of sp³-hybridized carbons (Fsp3) is 0.360. The lowest BCUT2D eigenvalue weighted by atomic mass is 10.1. The first kappa shape index (κ1) is 22.3. The molecule has 0 unspecified atom stereocenters. The van der Waals surface area contributed by atoms with Crippen molar-refractivity contribution in [3.8, 4) is 16.3 Å². The molecule has 0 spiro atoms. The van der Waals surface area contributed by atoms with Crippen molar-refractivity contribution < 1.29 is 9.53 Å². The highest BCUT2D eigenvalue weighted by molar-refractivity contribution is 7.13. The number of benzene rings is 2. The van der Waals surface area contributed by atoms with Crippen molar-refractivity contribution in [3.63, 3.8) is 0 Å². The molecular weight excluding hydrogens is 420 g/mol. The molecule has 1 saturated heterocycles. The van der Waals surface area contributed by atoms with E-state index < -0.39 is 0 Å². The fourth-order valence-electron chi connectivity index (χ4n) is 4.02. The summed E-state index contributed by atoms with van der Waals surface area (Å²) < 4.78 is 5.20. The third-order valence-electron chi connectivity index (χ3n) is 5.87. The third-order valence-corrected chi connectivity index (χ3v) is 6.81. The van der Waals surface area contributed by atoms with Crippen molar-refractivity contribution in [1.82, 2.24) is 9.88 Å². The first-order valence-electron chi connectivity index (χ1n) is 11.0. The molecule has 0 saturated carbocycles. The molecule has 6 nitrogen and oxygen atoms in total. The Kier molecular flexibility index (Phi) is 7.07. The summed E-state index contributed by atoms with van der Waals surface area (Å²) in [5.74, 6) is 0.759. The van der Waals surface area contributed by atoms with E-state index in [1.54, 1.807) is 18.4 Å². The Morgan fingerprint density at radius 3 is 2.53 bits per heavy atom. The van der Waals surface area contributed by atoms with Gasteiger partial charge in [0.15, 0.2) is 0 Å². The van der Waals surface area contributed by atoms with Gasteiger partial charge in [-0.05, 0) is 61.5 Å². The van der Waals surface area contributed by atoms with Crippen LogP contribution in [0.1, 0.15) is 18.2 Å². The minimum atomic E-state index is -0.0553. The standard InChI is InChI=1S/C25H30N4O2S/c1-4-28-11-13-29(14-12-28)23-10-7-20(15-18(23)2)26-24(30)16-21-17-32-25(27-21)19-5-8-22(31-3)9-6-19/h5-10,15,17H,4,11-14,16H2,1-3H3,(H,26,30). The molecule has 0 bridgehead atoms. The summed E-state index contributed by atoms with van der Waals surface area (Å²) in [6, 6.07) is 14.0. The number of rotatable bonds is 7. The molecule has 1 aliphatic heterocycles. The van der Waals surface area contributed by atoms with Gasteiger partial charge in [0.25, 0.3) is 0 Å². The molecule has 7 heteroatoms. The van der Waals surface area contributed by atoms with E-state index in [4.69, 9.17) is 4.74 Å². The number of amides is 1. The second kappa shape index (κ2) is 10.1. The predicted molar refractivity (Wildman–Crippen MR) is 132 cm³/mol. The zero-order valence-corrected chi connectivity index (χ0v) is 19.7. The fourth-order valence-corrected chi connectivity index (χ4v) is 4.84. The van der Waals surface area contributed by atoms with Gasteiger partial charge < -0.3 is 19.9 Å². The monoisotopic (exact) mass is 450 g/mol. The lowest BCUT2D eigenvalue weighted by molar-refractivity contribution is -0.115. The molecular formula is C25H30N4O2S. The zero-order valence-electron chi connectivity index (χ0n) is 18.9. The molecule has 1 aliphatic rings. The number of anilines is 2. The Morgan fingerprint density at radius 1 is 1.12 bits per heavy atom. The molecule has 1 amide bonds. The van der Waals surface area contributed by atoms with Gasteiger partial charge in [0.05, 0.1) is 19.2 Å². The van der Waals surface area contributed by atoms with Crippen LogP contribution in [0.3, 0.4) is 0 Å². The van der Waals surface area contributed by atoms with E-state index in [1.807, 2.05) is 35.7 Å². The van der Waals surface area contributed by atoms with Gasteiger partial charge in [-0.3, -0.25) is 4.79 Å². The number of ether oxygens (including phenoxy) is 1. The predicted octanol–water partition coefficient (Wildman–Crippen LogP) is 4.45. The molecule has 3 aromatic rings. The second-order valence-electron chi connectivity index (χ2n) is 8.02. The summed E-state index contributed by atoms with van der Waals surface area (Å²) in [6.07, 6.45) is 0.256. The van der Waals surface area contributed by atoms with Gasteiger partial charge in [0, 0.05) is 48.5 Å². The molecule has 2 heterocycles. The minimum Gasteiger partial charge on any atom is -0.497 e. The molecule has 4 rings (SSSR count).